The molecule has 0 aromatic carbocycles. The molecule has 1 saturated heterocycles. The fraction of sp³-hybridized carbons (Fsp3) is 0.978. The summed E-state index contributed by atoms with van der Waals surface area (Å²) in [4.78, 5) is 26.2. The maximum Gasteiger partial charge on any atom is 0.311 e. The SMILES string of the molecule is CCCCCCCCCCCCCCCCCCCCCCCC[C@@H](C(=O)OC[C@H]1O[C@H](OC)[C@@H](O)[C@@H]1O)[C@H](O)CCCCCCCCCCCCCCCC[C@H]1C[C@@H]1[C@@H](C)CCCCCCCCCCCCCCCCCCC(=O)C(C)CCCCCCCCCCCCCCCCCC. The zero-order chi connectivity index (χ0) is 72.8. The van der Waals surface area contributed by atoms with Gasteiger partial charge in [0.1, 0.15) is 30.7 Å². The van der Waals surface area contributed by atoms with Crippen molar-refractivity contribution in [2.75, 3.05) is 13.7 Å². The van der Waals surface area contributed by atoms with Crippen LogP contribution in [0, 0.1) is 29.6 Å². The highest BCUT2D eigenvalue weighted by Gasteiger charge is 2.44. The second-order valence-electron chi connectivity index (χ2n) is 34.1. The first-order valence-corrected chi connectivity index (χ1v) is 46.6. The summed E-state index contributed by atoms with van der Waals surface area (Å²) in [5.41, 5.74) is 0. The Morgan fingerprint density at radius 2 is 0.653 bits per heavy atom. The summed E-state index contributed by atoms with van der Waals surface area (Å²) in [5, 5.41) is 32.0. The van der Waals surface area contributed by atoms with E-state index in [-0.39, 0.29) is 12.5 Å². The van der Waals surface area contributed by atoms with Crippen LogP contribution >= 0.6 is 0 Å². The third kappa shape index (κ3) is 58.6. The summed E-state index contributed by atoms with van der Waals surface area (Å²) in [5.74, 6) is 2.80. The Bertz CT molecular complexity index is 1710. The number of esters is 1. The highest BCUT2D eigenvalue weighted by molar-refractivity contribution is 5.80. The first kappa shape index (κ1) is 96.0. The number of carbonyl (C=O) groups excluding carboxylic acids is 2. The molecule has 0 aromatic heterocycles. The van der Waals surface area contributed by atoms with Gasteiger partial charge in [-0.3, -0.25) is 9.59 Å². The molecule has 0 aromatic rings. The zero-order valence-corrected chi connectivity index (χ0v) is 68.9. The minimum absolute atomic E-state index is 0.170. The lowest BCUT2D eigenvalue weighted by Gasteiger charge is -2.23. The fourth-order valence-electron chi connectivity index (χ4n) is 17.0. The first-order chi connectivity index (χ1) is 49.6. The molecular formula is C93H180O8. The number of methoxy groups -OCH3 is 1. The molecule has 1 aliphatic heterocycles. The molecule has 1 heterocycles. The van der Waals surface area contributed by atoms with E-state index in [0.29, 0.717) is 18.6 Å². The smallest absolute Gasteiger partial charge is 0.311 e. The predicted octanol–water partition coefficient (Wildman–Crippen LogP) is 29.0. The number of hydrogen-bond donors (Lipinski definition) is 3. The quantitative estimate of drug-likeness (QED) is 0.0407. The molecule has 1 aliphatic carbocycles. The number of rotatable bonds is 83. The topological polar surface area (TPSA) is 123 Å². The fourth-order valence-corrected chi connectivity index (χ4v) is 17.0. The Kier molecular flexibility index (Phi) is 69.5. The van der Waals surface area contributed by atoms with Crippen molar-refractivity contribution in [1.82, 2.24) is 0 Å². The number of unbranched alkanes of at least 4 members (excludes halogenated alkanes) is 64. The van der Waals surface area contributed by atoms with Crippen molar-refractivity contribution in [2.24, 2.45) is 29.6 Å². The minimum Gasteiger partial charge on any atom is -0.463 e. The van der Waals surface area contributed by atoms with Gasteiger partial charge in [-0.05, 0) is 49.9 Å². The van der Waals surface area contributed by atoms with E-state index in [0.717, 1.165) is 69.1 Å². The van der Waals surface area contributed by atoms with Gasteiger partial charge in [0.25, 0.3) is 0 Å². The standard InChI is InChI=1S/C93H180O8/c1-6-8-10-12-14-16-18-20-22-24-25-26-27-28-29-34-41-47-53-59-65-71-77-85(92(98)100-81-89-90(96)91(97)93(99-5)101-89)88(95)79-73-67-61-55-49-43-37-36-40-46-52-58-64-70-76-84-80-86(84)82(3)74-68-62-56-50-44-38-33-30-31-35-42-48-54-60-66-72-78-87(94)83(4)75-69-63-57-51-45-39-32-23-21-19-17-15-13-11-9-7-2/h82-86,88-91,93,95-97H,6-81H2,1-5H3/t82-,83?,84-,85+,86+,88+,89+,90+,91-,93-/m0/s1. The molecule has 8 nitrogen and oxygen atoms in total. The van der Waals surface area contributed by atoms with Crippen LogP contribution in [0.25, 0.3) is 0 Å². The minimum atomic E-state index is -1.20. The molecule has 600 valence electrons. The van der Waals surface area contributed by atoms with Crippen LogP contribution in [0.15, 0.2) is 0 Å². The van der Waals surface area contributed by atoms with Gasteiger partial charge in [0.2, 0.25) is 0 Å². The Balaban J connectivity index is 1.33. The van der Waals surface area contributed by atoms with Gasteiger partial charge in [0, 0.05) is 19.4 Å². The lowest BCUT2D eigenvalue weighted by Crippen LogP contribution is -2.37. The average molecular weight is 1430 g/mol. The van der Waals surface area contributed by atoms with Gasteiger partial charge in [0.05, 0.1) is 12.0 Å². The molecule has 3 N–H and O–H groups in total. The van der Waals surface area contributed by atoms with Gasteiger partial charge >= 0.3 is 5.97 Å². The summed E-state index contributed by atoms with van der Waals surface area (Å²) in [6, 6.07) is 0. The number of hydrogen-bond acceptors (Lipinski definition) is 8. The van der Waals surface area contributed by atoms with Gasteiger partial charge in [-0.1, -0.05) is 471 Å². The molecule has 1 saturated carbocycles. The molecular weight excluding hydrogens is 1250 g/mol. The second-order valence-corrected chi connectivity index (χ2v) is 34.1. The summed E-state index contributed by atoms with van der Waals surface area (Å²) in [7, 11) is 1.41. The number of aliphatic hydroxyl groups excluding tert-OH is 3. The lowest BCUT2D eigenvalue weighted by atomic mass is 9.91. The predicted molar refractivity (Wildman–Crippen MR) is 436 cm³/mol. The van der Waals surface area contributed by atoms with Crippen LogP contribution in [0.1, 0.15) is 509 Å². The number of aliphatic hydroxyl groups is 3. The molecule has 0 bridgehead atoms. The molecule has 2 fully saturated rings. The van der Waals surface area contributed by atoms with Gasteiger partial charge < -0.3 is 29.5 Å². The van der Waals surface area contributed by atoms with Crippen molar-refractivity contribution in [3.63, 3.8) is 0 Å². The summed E-state index contributed by atoms with van der Waals surface area (Å²) in [6.45, 7) is 9.18. The van der Waals surface area contributed by atoms with E-state index in [1.165, 1.54) is 424 Å². The largest absolute Gasteiger partial charge is 0.463 e. The van der Waals surface area contributed by atoms with E-state index in [1.807, 2.05) is 0 Å². The van der Waals surface area contributed by atoms with E-state index in [9.17, 15) is 24.9 Å². The Morgan fingerprint density at radius 1 is 0.366 bits per heavy atom. The monoisotopic (exact) mass is 1430 g/mol. The van der Waals surface area contributed by atoms with Gasteiger partial charge in [0.15, 0.2) is 6.29 Å². The van der Waals surface area contributed by atoms with E-state index in [4.69, 9.17) is 14.2 Å². The van der Waals surface area contributed by atoms with Crippen molar-refractivity contribution in [3.8, 4) is 0 Å². The van der Waals surface area contributed by atoms with Crippen LogP contribution in [0.4, 0.5) is 0 Å². The molecule has 0 spiro atoms. The summed E-state index contributed by atoms with van der Waals surface area (Å²) in [6.07, 6.45) is 95.2. The highest BCUT2D eigenvalue weighted by Crippen LogP contribution is 2.49. The van der Waals surface area contributed by atoms with E-state index in [1.54, 1.807) is 0 Å². The Morgan fingerprint density at radius 3 is 0.980 bits per heavy atom. The maximum atomic E-state index is 13.5. The Labute approximate surface area is 630 Å². The van der Waals surface area contributed by atoms with Crippen molar-refractivity contribution < 1.29 is 39.1 Å². The van der Waals surface area contributed by atoms with E-state index >= 15 is 0 Å². The van der Waals surface area contributed by atoms with Crippen molar-refractivity contribution in [1.29, 1.82) is 0 Å². The third-order valence-electron chi connectivity index (χ3n) is 24.5. The molecule has 10 atom stereocenters. The number of ether oxygens (including phenoxy) is 3. The second kappa shape index (κ2) is 73.1. The van der Waals surface area contributed by atoms with Crippen molar-refractivity contribution in [3.05, 3.63) is 0 Å². The van der Waals surface area contributed by atoms with Crippen LogP contribution in [0.2, 0.25) is 0 Å². The lowest BCUT2D eigenvalue weighted by molar-refractivity contribution is -0.170. The van der Waals surface area contributed by atoms with Crippen LogP contribution in [-0.2, 0) is 23.8 Å². The van der Waals surface area contributed by atoms with Gasteiger partial charge in [-0.25, -0.2) is 0 Å². The van der Waals surface area contributed by atoms with Crippen LogP contribution < -0.4 is 0 Å². The molecule has 0 amide bonds. The van der Waals surface area contributed by atoms with Crippen LogP contribution in [0.5, 0.6) is 0 Å². The molecule has 0 radical (unpaired) electrons. The number of carbonyl (C=O) groups is 2. The molecule has 2 aliphatic rings. The first-order valence-electron chi connectivity index (χ1n) is 46.6. The number of Topliss-reactive ketones (excluding diaryl/α,β-unsaturated/α-hetero) is 1. The van der Waals surface area contributed by atoms with E-state index in [2.05, 4.69) is 27.7 Å². The molecule has 2 rings (SSSR count). The zero-order valence-electron chi connectivity index (χ0n) is 68.9. The van der Waals surface area contributed by atoms with E-state index < -0.39 is 42.6 Å². The summed E-state index contributed by atoms with van der Waals surface area (Å²) < 4.78 is 16.4. The van der Waals surface area contributed by atoms with Gasteiger partial charge in [-0.2, -0.15) is 0 Å². The summed E-state index contributed by atoms with van der Waals surface area (Å²) >= 11 is 0. The third-order valence-corrected chi connectivity index (χ3v) is 24.5. The number of ketones is 1. The molecule has 8 heteroatoms. The highest BCUT2D eigenvalue weighted by atomic mass is 16.7. The average Bonchev–Trinajstić information content (AvgIpc) is 1.69. The maximum absolute atomic E-state index is 13.5. The van der Waals surface area contributed by atoms with Crippen LogP contribution in [-0.4, -0.2) is 71.5 Å². The Hall–Kier alpha value is -1.06. The van der Waals surface area contributed by atoms with Crippen LogP contribution in [0.3, 0.4) is 0 Å². The van der Waals surface area contributed by atoms with Crippen molar-refractivity contribution >= 4 is 11.8 Å². The normalized spacial score (nSPS) is 18.8. The molecule has 1 unspecified atom stereocenters. The molecule has 101 heavy (non-hydrogen) atoms. The van der Waals surface area contributed by atoms with Gasteiger partial charge in [-0.15, -0.1) is 0 Å². The van der Waals surface area contributed by atoms with Crippen molar-refractivity contribution in [2.45, 2.75) is 540 Å².